The zero-order chi connectivity index (χ0) is 15.6. The van der Waals surface area contributed by atoms with Crippen LogP contribution in [0, 0.1) is 11.6 Å². The summed E-state index contributed by atoms with van der Waals surface area (Å²) in [4.78, 5) is 23.9. The first-order chi connectivity index (χ1) is 9.88. The van der Waals surface area contributed by atoms with E-state index in [1.807, 2.05) is 0 Å². The maximum Gasteiger partial charge on any atom is 0.334 e. The number of hydrogen-bond donors (Lipinski definition) is 2. The van der Waals surface area contributed by atoms with Crippen LogP contribution in [-0.4, -0.2) is 47.8 Å². The van der Waals surface area contributed by atoms with Crippen molar-refractivity contribution in [3.05, 3.63) is 28.2 Å². The molecular formula is C12H11BrF2N2O4. The zero-order valence-corrected chi connectivity index (χ0v) is 12.2. The molecule has 1 fully saturated rings. The molecule has 114 valence electrons. The SMILES string of the molecule is O=C(O)C1CN(C(=O)Nc2c(F)cc(Br)cc2F)CCO1. The lowest BCUT2D eigenvalue weighted by Gasteiger charge is -2.30. The Labute approximate surface area is 126 Å². The topological polar surface area (TPSA) is 78.9 Å². The summed E-state index contributed by atoms with van der Waals surface area (Å²) in [6.45, 7) is -0.0218. The highest BCUT2D eigenvalue weighted by Crippen LogP contribution is 2.24. The Bertz CT molecular complexity index is 561. The first-order valence-corrected chi connectivity index (χ1v) is 6.72. The highest BCUT2D eigenvalue weighted by molar-refractivity contribution is 9.10. The Morgan fingerprint density at radius 1 is 1.38 bits per heavy atom. The summed E-state index contributed by atoms with van der Waals surface area (Å²) < 4.78 is 32.4. The number of amides is 2. The minimum absolute atomic E-state index is 0.0374. The molecule has 6 nitrogen and oxygen atoms in total. The van der Waals surface area contributed by atoms with E-state index in [-0.39, 0.29) is 24.2 Å². The lowest BCUT2D eigenvalue weighted by molar-refractivity contribution is -0.154. The normalized spacial score (nSPS) is 18.4. The monoisotopic (exact) mass is 364 g/mol. The molecule has 1 aromatic carbocycles. The van der Waals surface area contributed by atoms with E-state index < -0.39 is 35.4 Å². The molecule has 0 radical (unpaired) electrons. The minimum atomic E-state index is -1.20. The molecule has 9 heteroatoms. The Kier molecular flexibility index (Phi) is 4.73. The quantitative estimate of drug-likeness (QED) is 0.841. The molecule has 0 aliphatic carbocycles. The van der Waals surface area contributed by atoms with Gasteiger partial charge in [-0.05, 0) is 12.1 Å². The highest BCUT2D eigenvalue weighted by Gasteiger charge is 2.29. The number of hydrogen-bond acceptors (Lipinski definition) is 3. The fourth-order valence-electron chi connectivity index (χ4n) is 1.83. The van der Waals surface area contributed by atoms with Crippen LogP contribution in [0.4, 0.5) is 19.3 Å². The number of carbonyl (C=O) groups excluding carboxylic acids is 1. The molecular weight excluding hydrogens is 354 g/mol. The lowest BCUT2D eigenvalue weighted by Crippen LogP contribution is -2.50. The number of aliphatic carboxylic acids is 1. The Hall–Kier alpha value is -1.74. The Morgan fingerprint density at radius 2 is 2.00 bits per heavy atom. The average molecular weight is 365 g/mol. The predicted molar refractivity (Wildman–Crippen MR) is 72.0 cm³/mol. The van der Waals surface area contributed by atoms with E-state index >= 15 is 0 Å². The van der Waals surface area contributed by atoms with Gasteiger partial charge in [-0.3, -0.25) is 0 Å². The molecule has 1 heterocycles. The van der Waals surface area contributed by atoms with E-state index in [4.69, 9.17) is 9.84 Å². The lowest BCUT2D eigenvalue weighted by atomic mass is 10.2. The van der Waals surface area contributed by atoms with Crippen molar-refractivity contribution in [3.63, 3.8) is 0 Å². The average Bonchev–Trinajstić information content (AvgIpc) is 2.42. The van der Waals surface area contributed by atoms with Gasteiger partial charge in [0.2, 0.25) is 0 Å². The van der Waals surface area contributed by atoms with Gasteiger partial charge in [0.25, 0.3) is 0 Å². The minimum Gasteiger partial charge on any atom is -0.479 e. The van der Waals surface area contributed by atoms with E-state index in [1.54, 1.807) is 0 Å². The van der Waals surface area contributed by atoms with Gasteiger partial charge in [0.15, 0.2) is 17.7 Å². The van der Waals surface area contributed by atoms with Gasteiger partial charge in [-0.1, -0.05) is 15.9 Å². The van der Waals surface area contributed by atoms with Gasteiger partial charge >= 0.3 is 12.0 Å². The van der Waals surface area contributed by atoms with E-state index in [2.05, 4.69) is 21.2 Å². The van der Waals surface area contributed by atoms with Gasteiger partial charge in [-0.25, -0.2) is 18.4 Å². The summed E-state index contributed by atoms with van der Waals surface area (Å²) >= 11 is 2.93. The van der Waals surface area contributed by atoms with Crippen molar-refractivity contribution in [2.45, 2.75) is 6.10 Å². The van der Waals surface area contributed by atoms with Crippen LogP contribution in [0.25, 0.3) is 0 Å². The summed E-state index contributed by atoms with van der Waals surface area (Å²) in [6, 6.07) is 1.24. The number of ether oxygens (including phenoxy) is 1. The predicted octanol–water partition coefficient (Wildman–Crippen LogP) is 2.04. The second kappa shape index (κ2) is 6.35. The van der Waals surface area contributed by atoms with Gasteiger partial charge in [0.05, 0.1) is 13.2 Å². The second-order valence-electron chi connectivity index (χ2n) is 4.32. The second-order valence-corrected chi connectivity index (χ2v) is 5.23. The maximum atomic E-state index is 13.6. The fraction of sp³-hybridized carbons (Fsp3) is 0.333. The van der Waals surface area contributed by atoms with Crippen LogP contribution in [0.3, 0.4) is 0 Å². The van der Waals surface area contributed by atoms with Gasteiger partial charge in [-0.2, -0.15) is 0 Å². The van der Waals surface area contributed by atoms with Crippen molar-refractivity contribution >= 4 is 33.6 Å². The molecule has 21 heavy (non-hydrogen) atoms. The molecule has 1 aliphatic heterocycles. The number of morpholine rings is 1. The smallest absolute Gasteiger partial charge is 0.334 e. The summed E-state index contributed by atoms with van der Waals surface area (Å²) in [5, 5.41) is 10.9. The largest absolute Gasteiger partial charge is 0.479 e. The molecule has 2 amide bonds. The third kappa shape index (κ3) is 3.67. The standard InChI is InChI=1S/C12H11BrF2N2O4/c13-6-3-7(14)10(8(15)4-6)16-12(20)17-1-2-21-9(5-17)11(18)19/h3-4,9H,1-2,5H2,(H,16,20)(H,18,19). The molecule has 0 saturated carbocycles. The van der Waals surface area contributed by atoms with Crippen LogP contribution in [0.15, 0.2) is 16.6 Å². The molecule has 1 aliphatic rings. The Balaban J connectivity index is 2.10. The zero-order valence-electron chi connectivity index (χ0n) is 10.6. The molecule has 2 rings (SSSR count). The van der Waals surface area contributed by atoms with Crippen molar-refractivity contribution < 1.29 is 28.2 Å². The van der Waals surface area contributed by atoms with Crippen LogP contribution < -0.4 is 5.32 Å². The van der Waals surface area contributed by atoms with Crippen molar-refractivity contribution in [3.8, 4) is 0 Å². The van der Waals surface area contributed by atoms with Crippen molar-refractivity contribution in [2.24, 2.45) is 0 Å². The molecule has 2 N–H and O–H groups in total. The number of anilines is 1. The third-order valence-electron chi connectivity index (χ3n) is 2.87. The van der Waals surface area contributed by atoms with E-state index in [0.29, 0.717) is 0 Å². The number of carboxylic acids is 1. The molecule has 0 bridgehead atoms. The number of halogens is 3. The van der Waals surface area contributed by atoms with E-state index in [1.165, 1.54) is 0 Å². The number of rotatable bonds is 2. The number of urea groups is 1. The van der Waals surface area contributed by atoms with Gasteiger partial charge in [0, 0.05) is 11.0 Å². The molecule has 1 saturated heterocycles. The summed E-state index contributed by atoms with van der Waals surface area (Å²) in [5.74, 6) is -3.06. The summed E-state index contributed by atoms with van der Waals surface area (Å²) in [5.41, 5.74) is -0.582. The number of benzene rings is 1. The van der Waals surface area contributed by atoms with Crippen LogP contribution >= 0.6 is 15.9 Å². The maximum absolute atomic E-state index is 13.6. The van der Waals surface area contributed by atoms with E-state index in [9.17, 15) is 18.4 Å². The number of nitrogens with zero attached hydrogens (tertiary/aromatic N) is 1. The number of carboxylic acid groups (broad SMARTS) is 1. The van der Waals surface area contributed by atoms with Crippen LogP contribution in [-0.2, 0) is 9.53 Å². The summed E-state index contributed by atoms with van der Waals surface area (Å²) in [7, 11) is 0. The fourth-order valence-corrected chi connectivity index (χ4v) is 2.23. The molecule has 1 aromatic rings. The van der Waals surface area contributed by atoms with Crippen LogP contribution in [0.1, 0.15) is 0 Å². The Morgan fingerprint density at radius 3 is 2.57 bits per heavy atom. The number of nitrogens with one attached hydrogen (secondary N) is 1. The number of carbonyl (C=O) groups is 2. The summed E-state index contributed by atoms with van der Waals surface area (Å²) in [6.07, 6.45) is -1.15. The van der Waals surface area contributed by atoms with Crippen molar-refractivity contribution in [1.29, 1.82) is 0 Å². The van der Waals surface area contributed by atoms with Crippen LogP contribution in [0.2, 0.25) is 0 Å². The molecule has 0 spiro atoms. The first-order valence-electron chi connectivity index (χ1n) is 5.93. The van der Waals surface area contributed by atoms with Crippen molar-refractivity contribution in [2.75, 3.05) is 25.0 Å². The molecule has 1 atom stereocenters. The third-order valence-corrected chi connectivity index (χ3v) is 3.33. The van der Waals surface area contributed by atoms with Gasteiger partial charge in [-0.15, -0.1) is 0 Å². The molecule has 1 unspecified atom stereocenters. The highest BCUT2D eigenvalue weighted by atomic mass is 79.9. The molecule has 0 aromatic heterocycles. The van der Waals surface area contributed by atoms with Crippen molar-refractivity contribution in [1.82, 2.24) is 4.90 Å². The van der Waals surface area contributed by atoms with Gasteiger partial charge in [0.1, 0.15) is 5.69 Å². The van der Waals surface area contributed by atoms with Crippen LogP contribution in [0.5, 0.6) is 0 Å². The first kappa shape index (κ1) is 15.6. The van der Waals surface area contributed by atoms with E-state index in [0.717, 1.165) is 17.0 Å². The van der Waals surface area contributed by atoms with Gasteiger partial charge < -0.3 is 20.1 Å².